The average molecular weight is 505 g/mol. The molecule has 2 aromatic carbocycles. The largest absolute Gasteiger partial charge is 0.493 e. The highest BCUT2D eigenvalue weighted by Crippen LogP contribution is 2.38. The molecule has 2 heterocycles. The molecule has 0 N–H and O–H groups in total. The van der Waals surface area contributed by atoms with Crippen LogP contribution in [-0.2, 0) is 17.5 Å². The summed E-state index contributed by atoms with van der Waals surface area (Å²) in [5.74, 6) is 0.673. The van der Waals surface area contributed by atoms with Gasteiger partial charge in [-0.25, -0.2) is 0 Å². The summed E-state index contributed by atoms with van der Waals surface area (Å²) in [6.07, 6.45) is 0.166. The number of alkyl halides is 3. The quantitative estimate of drug-likeness (QED) is 0.504. The Hall–Kier alpha value is -2.58. The van der Waals surface area contributed by atoms with Gasteiger partial charge in [-0.3, -0.25) is 9.69 Å². The molecule has 0 aliphatic carbocycles. The number of ether oxygens (including phenoxy) is 2. The molecule has 1 amide bonds. The van der Waals surface area contributed by atoms with Crippen LogP contribution in [0.25, 0.3) is 0 Å². The van der Waals surface area contributed by atoms with Crippen LogP contribution in [0.2, 0.25) is 0 Å². The first kappa shape index (κ1) is 26.5. The standard InChI is InChI=1S/C28H35F3N2O3/c1-32-17-19-35-18-5-4-12-27(21-36-25-7-3-2-6-23(25)20-32)13-15-33(16-14-27)26(34)22-8-10-24(11-9-22)28(29,30)31/h2-3,6-11H,4-5,12-21H2,1H3. The van der Waals surface area contributed by atoms with E-state index in [9.17, 15) is 18.0 Å². The predicted molar refractivity (Wildman–Crippen MR) is 132 cm³/mol. The normalized spacial score (nSPS) is 20.3. The van der Waals surface area contributed by atoms with E-state index in [2.05, 4.69) is 18.0 Å². The second kappa shape index (κ2) is 11.6. The lowest BCUT2D eigenvalue weighted by Gasteiger charge is -2.42. The van der Waals surface area contributed by atoms with Crippen LogP contribution in [0.15, 0.2) is 48.5 Å². The van der Waals surface area contributed by atoms with Crippen LogP contribution in [-0.4, -0.2) is 62.2 Å². The van der Waals surface area contributed by atoms with Crippen molar-refractivity contribution < 1.29 is 27.4 Å². The summed E-state index contributed by atoms with van der Waals surface area (Å²) < 4.78 is 50.9. The van der Waals surface area contributed by atoms with Gasteiger partial charge in [0.25, 0.3) is 5.91 Å². The number of amides is 1. The topological polar surface area (TPSA) is 42.0 Å². The molecule has 1 fully saturated rings. The Morgan fingerprint density at radius 3 is 2.36 bits per heavy atom. The van der Waals surface area contributed by atoms with E-state index in [4.69, 9.17) is 9.47 Å². The van der Waals surface area contributed by atoms with E-state index in [1.807, 2.05) is 18.2 Å². The number of nitrogens with zero attached hydrogens (tertiary/aromatic N) is 2. The Morgan fingerprint density at radius 2 is 1.64 bits per heavy atom. The van der Waals surface area contributed by atoms with E-state index >= 15 is 0 Å². The molecular weight excluding hydrogens is 469 g/mol. The molecule has 8 heteroatoms. The first-order valence-electron chi connectivity index (χ1n) is 12.7. The highest BCUT2D eigenvalue weighted by molar-refractivity contribution is 5.94. The number of para-hydroxylation sites is 1. The molecule has 0 saturated carbocycles. The van der Waals surface area contributed by atoms with Crippen LogP contribution in [0.5, 0.6) is 5.75 Å². The maximum atomic E-state index is 13.0. The fourth-order valence-electron chi connectivity index (χ4n) is 5.04. The molecule has 1 spiro atoms. The molecular formula is C28H35F3N2O3. The van der Waals surface area contributed by atoms with Crippen LogP contribution in [0.3, 0.4) is 0 Å². The molecule has 196 valence electrons. The van der Waals surface area contributed by atoms with Gasteiger partial charge in [-0.15, -0.1) is 0 Å². The van der Waals surface area contributed by atoms with Crippen molar-refractivity contribution in [3.8, 4) is 5.75 Å². The molecule has 5 nitrogen and oxygen atoms in total. The number of fused-ring (bicyclic) bond motifs is 1. The van der Waals surface area contributed by atoms with Crippen LogP contribution in [0.1, 0.15) is 53.6 Å². The van der Waals surface area contributed by atoms with Crippen molar-refractivity contribution in [3.05, 3.63) is 65.2 Å². The summed E-state index contributed by atoms with van der Waals surface area (Å²) >= 11 is 0. The van der Waals surface area contributed by atoms with E-state index in [-0.39, 0.29) is 16.9 Å². The number of hydrogen-bond acceptors (Lipinski definition) is 4. The third kappa shape index (κ3) is 6.79. The van der Waals surface area contributed by atoms with E-state index in [0.29, 0.717) is 26.3 Å². The van der Waals surface area contributed by atoms with E-state index in [1.165, 1.54) is 12.1 Å². The van der Waals surface area contributed by atoms with Crippen LogP contribution in [0.4, 0.5) is 13.2 Å². The van der Waals surface area contributed by atoms with Crippen molar-refractivity contribution in [3.63, 3.8) is 0 Å². The Labute approximate surface area is 211 Å². The summed E-state index contributed by atoms with van der Waals surface area (Å²) in [7, 11) is 2.08. The molecule has 2 aliphatic rings. The summed E-state index contributed by atoms with van der Waals surface area (Å²) in [6.45, 7) is 4.78. The first-order chi connectivity index (χ1) is 17.3. The van der Waals surface area contributed by atoms with Gasteiger partial charge in [-0.2, -0.15) is 13.2 Å². The molecule has 2 aliphatic heterocycles. The molecule has 4 rings (SSSR count). The van der Waals surface area contributed by atoms with Gasteiger partial charge < -0.3 is 14.4 Å². The van der Waals surface area contributed by atoms with Crippen molar-refractivity contribution in [2.75, 3.05) is 46.5 Å². The molecule has 2 aromatic rings. The third-order valence-electron chi connectivity index (χ3n) is 7.38. The van der Waals surface area contributed by atoms with Gasteiger partial charge in [-0.1, -0.05) is 24.6 Å². The number of halogens is 3. The number of piperidine rings is 1. The Kier molecular flexibility index (Phi) is 8.57. The van der Waals surface area contributed by atoms with Crippen LogP contribution in [0, 0.1) is 5.41 Å². The third-order valence-corrected chi connectivity index (χ3v) is 7.38. The highest BCUT2D eigenvalue weighted by atomic mass is 19.4. The van der Waals surface area contributed by atoms with Crippen molar-refractivity contribution in [1.29, 1.82) is 0 Å². The number of rotatable bonds is 1. The minimum atomic E-state index is -4.41. The number of carbonyl (C=O) groups excluding carboxylic acids is 1. The van der Waals surface area contributed by atoms with E-state index < -0.39 is 11.7 Å². The van der Waals surface area contributed by atoms with Crippen molar-refractivity contribution in [2.24, 2.45) is 5.41 Å². The molecule has 0 bridgehead atoms. The smallest absolute Gasteiger partial charge is 0.416 e. The molecule has 0 aromatic heterocycles. The van der Waals surface area contributed by atoms with Gasteiger partial charge >= 0.3 is 6.18 Å². The van der Waals surface area contributed by atoms with Crippen LogP contribution < -0.4 is 4.74 Å². The van der Waals surface area contributed by atoms with Gasteiger partial charge in [0.1, 0.15) is 5.75 Å². The monoisotopic (exact) mass is 504 g/mol. The zero-order valence-electron chi connectivity index (χ0n) is 20.9. The lowest BCUT2D eigenvalue weighted by Crippen LogP contribution is -2.45. The second-order valence-corrected chi connectivity index (χ2v) is 10.1. The van der Waals surface area contributed by atoms with Gasteiger partial charge in [0.15, 0.2) is 0 Å². The van der Waals surface area contributed by atoms with Gasteiger partial charge in [0.05, 0.1) is 18.8 Å². The first-order valence-corrected chi connectivity index (χ1v) is 12.7. The maximum absolute atomic E-state index is 13.0. The molecule has 0 atom stereocenters. The van der Waals surface area contributed by atoms with Crippen molar-refractivity contribution in [1.82, 2.24) is 9.80 Å². The van der Waals surface area contributed by atoms with Crippen molar-refractivity contribution >= 4 is 5.91 Å². The van der Waals surface area contributed by atoms with Gasteiger partial charge in [-0.05, 0) is 63.1 Å². The second-order valence-electron chi connectivity index (χ2n) is 10.1. The summed E-state index contributed by atoms with van der Waals surface area (Å²) in [4.78, 5) is 17.0. The Balaban J connectivity index is 1.44. The van der Waals surface area contributed by atoms with Crippen molar-refractivity contribution in [2.45, 2.75) is 44.8 Å². The minimum Gasteiger partial charge on any atom is -0.493 e. The molecule has 0 unspecified atom stereocenters. The number of benzene rings is 2. The van der Waals surface area contributed by atoms with E-state index in [1.54, 1.807) is 4.90 Å². The lowest BCUT2D eigenvalue weighted by atomic mass is 9.75. The minimum absolute atomic E-state index is 0.0555. The number of likely N-dealkylation sites (N-methyl/N-ethyl adjacent to an activating group) is 1. The summed E-state index contributed by atoms with van der Waals surface area (Å²) in [5, 5.41) is 0. The predicted octanol–water partition coefficient (Wildman–Crippen LogP) is 5.64. The van der Waals surface area contributed by atoms with E-state index in [0.717, 1.165) is 75.2 Å². The summed E-state index contributed by atoms with van der Waals surface area (Å²) in [5.41, 5.74) is 0.627. The fourth-order valence-corrected chi connectivity index (χ4v) is 5.04. The number of carbonyl (C=O) groups is 1. The Bertz CT molecular complexity index is 1000. The number of likely N-dealkylation sites (tertiary alicyclic amines) is 1. The fraction of sp³-hybridized carbons (Fsp3) is 0.536. The molecule has 0 radical (unpaired) electrons. The number of hydrogen-bond donors (Lipinski definition) is 0. The highest BCUT2D eigenvalue weighted by Gasteiger charge is 2.37. The average Bonchev–Trinajstić information content (AvgIpc) is 2.87. The van der Waals surface area contributed by atoms with Crippen LogP contribution >= 0.6 is 0 Å². The SMILES string of the molecule is CN1CCOCCCCC2(CCN(C(=O)c3ccc(C(F)(F)F)cc3)CC2)COc2ccccc2C1. The Morgan fingerprint density at radius 1 is 0.917 bits per heavy atom. The molecule has 1 saturated heterocycles. The van der Waals surface area contributed by atoms with Gasteiger partial charge in [0.2, 0.25) is 0 Å². The van der Waals surface area contributed by atoms with Gasteiger partial charge in [0, 0.05) is 49.3 Å². The zero-order valence-corrected chi connectivity index (χ0v) is 20.9. The maximum Gasteiger partial charge on any atom is 0.416 e. The summed E-state index contributed by atoms with van der Waals surface area (Å²) in [6, 6.07) is 12.6. The lowest BCUT2D eigenvalue weighted by molar-refractivity contribution is -0.137. The molecule has 36 heavy (non-hydrogen) atoms. The zero-order chi connectivity index (χ0) is 25.6.